The molecular weight excluding hydrogens is 295 g/mol. The molecule has 0 saturated heterocycles. The number of anilines is 2. The molecule has 122 valence electrons. The van der Waals surface area contributed by atoms with Gasteiger partial charge in [-0.2, -0.15) is 0 Å². The van der Waals surface area contributed by atoms with E-state index < -0.39 is 5.82 Å². The molecule has 2 aromatic rings. The number of halogens is 1. The van der Waals surface area contributed by atoms with Gasteiger partial charge in [-0.05, 0) is 51.3 Å². The van der Waals surface area contributed by atoms with Gasteiger partial charge >= 0.3 is 0 Å². The average molecular weight is 316 g/mol. The minimum Gasteiger partial charge on any atom is -0.370 e. The van der Waals surface area contributed by atoms with Crippen molar-refractivity contribution in [3.8, 4) is 0 Å². The van der Waals surface area contributed by atoms with Crippen molar-refractivity contribution in [3.63, 3.8) is 0 Å². The Morgan fingerprint density at radius 3 is 2.78 bits per heavy atom. The van der Waals surface area contributed by atoms with E-state index in [2.05, 4.69) is 20.5 Å². The van der Waals surface area contributed by atoms with E-state index in [1.165, 1.54) is 12.1 Å². The number of amides is 1. The third-order valence-electron chi connectivity index (χ3n) is 3.23. The fourth-order valence-corrected chi connectivity index (χ4v) is 2.04. The van der Waals surface area contributed by atoms with Gasteiger partial charge in [0.1, 0.15) is 11.6 Å². The number of pyridine rings is 1. The van der Waals surface area contributed by atoms with Crippen LogP contribution in [0.5, 0.6) is 0 Å². The number of nitrogens with one attached hydrogen (secondary N) is 2. The summed E-state index contributed by atoms with van der Waals surface area (Å²) in [6, 6.07) is 9.33. The molecule has 0 saturated carbocycles. The van der Waals surface area contributed by atoms with Gasteiger partial charge in [-0.3, -0.25) is 4.79 Å². The fraction of sp³-hybridized carbons (Fsp3) is 0.294. The zero-order valence-corrected chi connectivity index (χ0v) is 13.3. The van der Waals surface area contributed by atoms with Gasteiger partial charge in [0, 0.05) is 18.3 Å². The highest BCUT2D eigenvalue weighted by molar-refractivity contribution is 6.04. The largest absolute Gasteiger partial charge is 0.370 e. The van der Waals surface area contributed by atoms with E-state index in [1.54, 1.807) is 30.5 Å². The Hall–Kier alpha value is -2.47. The van der Waals surface area contributed by atoms with Crippen LogP contribution in [0, 0.1) is 5.82 Å². The Morgan fingerprint density at radius 1 is 1.26 bits per heavy atom. The maximum absolute atomic E-state index is 13.6. The smallest absolute Gasteiger partial charge is 0.255 e. The molecule has 1 aromatic carbocycles. The maximum Gasteiger partial charge on any atom is 0.255 e. The van der Waals surface area contributed by atoms with E-state index in [4.69, 9.17) is 0 Å². The molecule has 0 unspecified atom stereocenters. The first-order valence-electron chi connectivity index (χ1n) is 7.47. The Morgan fingerprint density at radius 2 is 2.04 bits per heavy atom. The molecule has 0 aliphatic heterocycles. The molecule has 2 N–H and O–H groups in total. The van der Waals surface area contributed by atoms with Crippen LogP contribution in [0.2, 0.25) is 0 Å². The van der Waals surface area contributed by atoms with E-state index in [0.29, 0.717) is 11.4 Å². The average Bonchev–Trinajstić information content (AvgIpc) is 2.54. The lowest BCUT2D eigenvalue weighted by molar-refractivity contribution is 0.102. The summed E-state index contributed by atoms with van der Waals surface area (Å²) >= 11 is 0. The molecule has 0 radical (unpaired) electrons. The second-order valence-corrected chi connectivity index (χ2v) is 5.45. The third-order valence-corrected chi connectivity index (χ3v) is 3.23. The number of rotatable bonds is 7. The van der Waals surface area contributed by atoms with Crippen LogP contribution < -0.4 is 10.6 Å². The Balaban J connectivity index is 1.96. The van der Waals surface area contributed by atoms with Crippen molar-refractivity contribution in [3.05, 3.63) is 54.0 Å². The second kappa shape index (κ2) is 8.24. The fourth-order valence-electron chi connectivity index (χ4n) is 2.04. The lowest BCUT2D eigenvalue weighted by Crippen LogP contribution is -2.17. The van der Waals surface area contributed by atoms with Crippen LogP contribution in [0.25, 0.3) is 0 Å². The summed E-state index contributed by atoms with van der Waals surface area (Å²) in [6.07, 6.45) is 2.53. The first kappa shape index (κ1) is 16.9. The standard InChI is InChI=1S/C17H21FN4O/c1-22(2)11-5-9-19-16-12-13(8-10-20-16)17(23)21-15-7-4-3-6-14(15)18/h3-4,6-8,10,12H,5,9,11H2,1-2H3,(H,19,20)(H,21,23). The SMILES string of the molecule is CN(C)CCCNc1cc(C(=O)Nc2ccccc2F)ccn1. The molecular formula is C17H21FN4O. The number of hydrogen-bond acceptors (Lipinski definition) is 4. The number of aromatic nitrogens is 1. The number of hydrogen-bond donors (Lipinski definition) is 2. The number of carbonyl (C=O) groups excluding carboxylic acids is 1. The van der Waals surface area contributed by atoms with Gasteiger partial charge in [-0.25, -0.2) is 9.37 Å². The van der Waals surface area contributed by atoms with Crippen LogP contribution in [0.3, 0.4) is 0 Å². The van der Waals surface area contributed by atoms with Gasteiger partial charge < -0.3 is 15.5 Å². The van der Waals surface area contributed by atoms with Gasteiger partial charge in [0.25, 0.3) is 5.91 Å². The molecule has 1 aromatic heterocycles. The first-order valence-corrected chi connectivity index (χ1v) is 7.47. The van der Waals surface area contributed by atoms with Gasteiger partial charge in [0.2, 0.25) is 0 Å². The molecule has 0 aliphatic rings. The molecule has 0 aliphatic carbocycles. The zero-order valence-electron chi connectivity index (χ0n) is 13.3. The summed E-state index contributed by atoms with van der Waals surface area (Å²) in [5, 5.41) is 5.74. The van der Waals surface area contributed by atoms with Crippen LogP contribution in [0.1, 0.15) is 16.8 Å². The van der Waals surface area contributed by atoms with Crippen molar-refractivity contribution >= 4 is 17.4 Å². The van der Waals surface area contributed by atoms with Crippen molar-refractivity contribution in [2.24, 2.45) is 0 Å². The molecule has 1 amide bonds. The zero-order chi connectivity index (χ0) is 16.7. The van der Waals surface area contributed by atoms with E-state index >= 15 is 0 Å². The molecule has 1 heterocycles. The van der Waals surface area contributed by atoms with E-state index in [1.807, 2.05) is 14.1 Å². The highest BCUT2D eigenvalue weighted by Gasteiger charge is 2.09. The highest BCUT2D eigenvalue weighted by Crippen LogP contribution is 2.15. The molecule has 0 fully saturated rings. The van der Waals surface area contributed by atoms with Crippen molar-refractivity contribution in [1.29, 1.82) is 0 Å². The van der Waals surface area contributed by atoms with E-state index in [0.717, 1.165) is 19.5 Å². The van der Waals surface area contributed by atoms with Crippen LogP contribution in [-0.4, -0.2) is 43.0 Å². The summed E-state index contributed by atoms with van der Waals surface area (Å²) in [6.45, 7) is 1.74. The molecule has 2 rings (SSSR count). The van der Waals surface area contributed by atoms with Gasteiger partial charge in [0.05, 0.1) is 5.69 Å². The van der Waals surface area contributed by atoms with Crippen molar-refractivity contribution in [2.75, 3.05) is 37.8 Å². The Labute approximate surface area is 135 Å². The highest BCUT2D eigenvalue weighted by atomic mass is 19.1. The van der Waals surface area contributed by atoms with E-state index in [-0.39, 0.29) is 11.6 Å². The molecule has 0 atom stereocenters. The number of benzene rings is 1. The molecule has 5 nitrogen and oxygen atoms in total. The van der Waals surface area contributed by atoms with Gasteiger partial charge in [-0.1, -0.05) is 12.1 Å². The normalized spacial score (nSPS) is 10.6. The summed E-state index contributed by atoms with van der Waals surface area (Å²) in [5.74, 6) is -0.198. The van der Waals surface area contributed by atoms with Crippen LogP contribution in [0.4, 0.5) is 15.9 Å². The first-order chi connectivity index (χ1) is 11.1. The quantitative estimate of drug-likeness (QED) is 0.771. The number of para-hydroxylation sites is 1. The molecule has 0 spiro atoms. The summed E-state index contributed by atoms with van der Waals surface area (Å²) in [7, 11) is 4.04. The van der Waals surface area contributed by atoms with Crippen molar-refractivity contribution in [2.45, 2.75) is 6.42 Å². The predicted molar refractivity (Wildman–Crippen MR) is 90.3 cm³/mol. The summed E-state index contributed by atoms with van der Waals surface area (Å²) in [4.78, 5) is 18.5. The van der Waals surface area contributed by atoms with Crippen molar-refractivity contribution in [1.82, 2.24) is 9.88 Å². The lowest BCUT2D eigenvalue weighted by Gasteiger charge is -2.11. The predicted octanol–water partition coefficient (Wildman–Crippen LogP) is 2.84. The van der Waals surface area contributed by atoms with Crippen LogP contribution >= 0.6 is 0 Å². The Bertz CT molecular complexity index is 661. The maximum atomic E-state index is 13.6. The minimum atomic E-state index is -0.461. The second-order valence-electron chi connectivity index (χ2n) is 5.45. The minimum absolute atomic E-state index is 0.162. The summed E-state index contributed by atoms with van der Waals surface area (Å²) < 4.78 is 13.6. The topological polar surface area (TPSA) is 57.3 Å². The monoisotopic (exact) mass is 316 g/mol. The van der Waals surface area contributed by atoms with Crippen LogP contribution in [-0.2, 0) is 0 Å². The number of carbonyl (C=O) groups is 1. The lowest BCUT2D eigenvalue weighted by atomic mass is 10.2. The van der Waals surface area contributed by atoms with Crippen molar-refractivity contribution < 1.29 is 9.18 Å². The van der Waals surface area contributed by atoms with Gasteiger partial charge in [0.15, 0.2) is 0 Å². The number of nitrogens with zero attached hydrogens (tertiary/aromatic N) is 2. The molecule has 0 bridgehead atoms. The Kier molecular flexibility index (Phi) is 6.05. The summed E-state index contributed by atoms with van der Waals surface area (Å²) in [5.41, 5.74) is 0.591. The van der Waals surface area contributed by atoms with Crippen LogP contribution in [0.15, 0.2) is 42.6 Å². The third kappa shape index (κ3) is 5.34. The molecule has 23 heavy (non-hydrogen) atoms. The molecule has 6 heteroatoms. The van der Waals surface area contributed by atoms with E-state index in [9.17, 15) is 9.18 Å². The van der Waals surface area contributed by atoms with Gasteiger partial charge in [-0.15, -0.1) is 0 Å².